The molecule has 2 rings (SSSR count). The first-order valence-corrected chi connectivity index (χ1v) is 3.64. The average Bonchev–Trinajstić information content (AvgIpc) is 2.83. The Kier molecular flexibility index (Phi) is 2.11. The topological polar surface area (TPSA) is 142 Å². The molecule has 0 radical (unpaired) electrons. The van der Waals surface area contributed by atoms with Gasteiger partial charge in [-0.15, -0.1) is 25.3 Å². The molecule has 0 bridgehead atoms. The number of anilines is 1. The molecule has 15 heavy (non-hydrogen) atoms. The van der Waals surface area contributed by atoms with Crippen molar-refractivity contribution in [3.05, 3.63) is 17.3 Å². The van der Waals surface area contributed by atoms with Crippen LogP contribution >= 0.6 is 0 Å². The molecule has 0 atom stereocenters. The summed E-state index contributed by atoms with van der Waals surface area (Å²) < 4.78 is 0. The van der Waals surface area contributed by atoms with Crippen molar-refractivity contribution in [1.29, 1.82) is 0 Å². The number of rotatable bonds is 3. The number of hydrogen-bond donors (Lipinski definition) is 1. The molecular formula is C4H4N10O. The van der Waals surface area contributed by atoms with Crippen LogP contribution in [0.2, 0.25) is 0 Å². The van der Waals surface area contributed by atoms with Gasteiger partial charge in [-0.25, -0.2) is 0 Å². The fraction of sp³-hybridized carbons (Fsp3) is 0. The second-order valence-corrected chi connectivity index (χ2v) is 2.28. The molecule has 0 aliphatic heterocycles. The summed E-state index contributed by atoms with van der Waals surface area (Å²) in [7, 11) is 0. The lowest BCUT2D eigenvalue weighted by Gasteiger charge is -1.85. The van der Waals surface area contributed by atoms with Gasteiger partial charge < -0.3 is 5.73 Å². The minimum absolute atomic E-state index is 0.0955. The van der Waals surface area contributed by atoms with Gasteiger partial charge in [0.15, 0.2) is 5.82 Å². The second kappa shape index (κ2) is 3.57. The summed E-state index contributed by atoms with van der Waals surface area (Å²) in [4.78, 5) is 11.7. The van der Waals surface area contributed by atoms with Crippen molar-refractivity contribution in [2.75, 3.05) is 5.73 Å². The molecule has 11 heteroatoms. The van der Waals surface area contributed by atoms with Gasteiger partial charge in [0.05, 0.1) is 6.20 Å². The first-order chi connectivity index (χ1) is 7.28. The van der Waals surface area contributed by atoms with Crippen LogP contribution in [0.15, 0.2) is 28.0 Å². The molecule has 2 aromatic heterocycles. The van der Waals surface area contributed by atoms with Crippen LogP contribution < -0.4 is 5.73 Å². The Balaban J connectivity index is 2.14. The van der Waals surface area contributed by atoms with Crippen LogP contribution in [0.5, 0.6) is 0 Å². The maximum Gasteiger partial charge on any atom is 0.239 e. The Morgan fingerprint density at radius 3 is 2.33 bits per heavy atom. The van der Waals surface area contributed by atoms with E-state index in [4.69, 9.17) is 5.73 Å². The molecule has 0 unspecified atom stereocenters. The summed E-state index contributed by atoms with van der Waals surface area (Å²) >= 11 is 0. The zero-order chi connectivity index (χ0) is 10.7. The maximum atomic E-state index is 10.0. The monoisotopic (exact) mass is 208 g/mol. The molecule has 0 aliphatic carbocycles. The van der Waals surface area contributed by atoms with Crippen molar-refractivity contribution in [3.63, 3.8) is 0 Å². The first kappa shape index (κ1) is 8.86. The largest absolute Gasteiger partial charge is 0.381 e. The fourth-order valence-electron chi connectivity index (χ4n) is 0.712. The Labute approximate surface area is 81.5 Å². The molecular weight excluding hydrogens is 204 g/mol. The molecule has 76 valence electrons. The van der Waals surface area contributed by atoms with Crippen LogP contribution in [-0.2, 0) is 0 Å². The van der Waals surface area contributed by atoms with Gasteiger partial charge in [0.25, 0.3) is 0 Å². The van der Waals surface area contributed by atoms with Gasteiger partial charge >= 0.3 is 0 Å². The quantitative estimate of drug-likeness (QED) is 0.533. The Bertz CT molecular complexity index is 495. The predicted molar refractivity (Wildman–Crippen MR) is 45.6 cm³/mol. The highest BCUT2D eigenvalue weighted by atomic mass is 16.3. The zero-order valence-corrected chi connectivity index (χ0v) is 7.17. The molecule has 11 nitrogen and oxygen atoms in total. The Morgan fingerprint density at radius 2 is 1.80 bits per heavy atom. The van der Waals surface area contributed by atoms with Crippen LogP contribution in [0.4, 0.5) is 11.6 Å². The average molecular weight is 208 g/mol. The van der Waals surface area contributed by atoms with E-state index in [1.54, 1.807) is 0 Å². The zero-order valence-electron chi connectivity index (χ0n) is 7.17. The van der Waals surface area contributed by atoms with Crippen molar-refractivity contribution >= 4 is 11.6 Å². The van der Waals surface area contributed by atoms with E-state index < -0.39 is 0 Å². The summed E-state index contributed by atoms with van der Waals surface area (Å²) in [6.07, 6.45) is 2.44. The first-order valence-electron chi connectivity index (χ1n) is 3.64. The number of nitrogens with zero attached hydrogens (tertiary/aromatic N) is 9. The molecule has 0 saturated carbocycles. The molecule has 0 spiro atoms. The van der Waals surface area contributed by atoms with Gasteiger partial charge in [0.1, 0.15) is 6.20 Å². The van der Waals surface area contributed by atoms with E-state index >= 15 is 0 Å². The van der Waals surface area contributed by atoms with Crippen molar-refractivity contribution in [1.82, 2.24) is 30.2 Å². The van der Waals surface area contributed by atoms with Crippen molar-refractivity contribution < 1.29 is 0 Å². The van der Waals surface area contributed by atoms with E-state index in [0.29, 0.717) is 0 Å². The van der Waals surface area contributed by atoms with E-state index in [1.165, 1.54) is 6.20 Å². The summed E-state index contributed by atoms with van der Waals surface area (Å²) in [6, 6.07) is 0. The van der Waals surface area contributed by atoms with Crippen molar-refractivity contribution in [3.8, 4) is 0 Å². The van der Waals surface area contributed by atoms with Gasteiger partial charge in [-0.2, -0.15) is 0 Å². The molecule has 0 aromatic carbocycles. The number of hydrogen-bond acceptors (Lipinski definition) is 9. The molecule has 0 fully saturated rings. The maximum absolute atomic E-state index is 10.0. The Morgan fingerprint density at radius 1 is 1.13 bits per heavy atom. The summed E-state index contributed by atoms with van der Waals surface area (Å²) in [5.74, 6) is 0.111. The fourth-order valence-corrected chi connectivity index (χ4v) is 0.712. The minimum Gasteiger partial charge on any atom is -0.381 e. The summed E-state index contributed by atoms with van der Waals surface area (Å²) in [5, 5.41) is 23.8. The van der Waals surface area contributed by atoms with E-state index in [2.05, 4.69) is 36.0 Å². The number of nitrogens with two attached hydrogens (primary N) is 1. The molecule has 0 aliphatic rings. The van der Waals surface area contributed by atoms with E-state index in [1.807, 2.05) is 0 Å². The predicted octanol–water partition coefficient (Wildman–Crippen LogP) is -0.472. The number of nitrogen functional groups attached to an aromatic ring is 1. The third-order valence-corrected chi connectivity index (χ3v) is 1.26. The summed E-state index contributed by atoms with van der Waals surface area (Å²) in [5.41, 5.74) is 5.28. The number of aromatic nitrogens is 6. The SMILES string of the molecule is Nc1cnn(/N=N/n2ncc(N=O)n2)n1. The third-order valence-electron chi connectivity index (χ3n) is 1.26. The molecule has 0 saturated heterocycles. The molecule has 2 N–H and O–H groups in total. The molecule has 0 amide bonds. The lowest BCUT2D eigenvalue weighted by atomic mass is 10.8. The Hall–Kier alpha value is -2.72. The lowest BCUT2D eigenvalue weighted by molar-refractivity contribution is 0.505. The number of nitroso groups, excluding NO2 is 1. The van der Waals surface area contributed by atoms with Gasteiger partial charge in [-0.1, -0.05) is 0 Å². The van der Waals surface area contributed by atoms with Crippen molar-refractivity contribution in [2.45, 2.75) is 0 Å². The highest BCUT2D eigenvalue weighted by Crippen LogP contribution is 2.01. The highest BCUT2D eigenvalue weighted by molar-refractivity contribution is 5.19. The van der Waals surface area contributed by atoms with Crippen LogP contribution in [0.3, 0.4) is 0 Å². The third kappa shape index (κ3) is 1.96. The standard InChI is InChI=1S/C4H4N10O/c5-3-1-6-13(8-3)11-12-14-7-2-4(9-14)10-15/h1-2H,(H2,5,8)/b12-11+. The van der Waals surface area contributed by atoms with Crippen LogP contribution in [0.25, 0.3) is 0 Å². The van der Waals surface area contributed by atoms with E-state index in [0.717, 1.165) is 16.0 Å². The molecule has 2 heterocycles. The van der Waals surface area contributed by atoms with Gasteiger partial charge in [-0.05, 0) is 25.4 Å². The van der Waals surface area contributed by atoms with E-state index in [-0.39, 0.29) is 11.6 Å². The smallest absolute Gasteiger partial charge is 0.239 e. The second-order valence-electron chi connectivity index (χ2n) is 2.28. The normalized spacial score (nSPS) is 10.9. The van der Waals surface area contributed by atoms with Crippen LogP contribution in [-0.4, -0.2) is 30.2 Å². The van der Waals surface area contributed by atoms with Gasteiger partial charge in [0, 0.05) is 0 Å². The van der Waals surface area contributed by atoms with Crippen LogP contribution in [0, 0.1) is 4.91 Å². The lowest BCUT2D eigenvalue weighted by Crippen LogP contribution is -1.97. The van der Waals surface area contributed by atoms with Gasteiger partial charge in [0.2, 0.25) is 5.82 Å². The van der Waals surface area contributed by atoms with Crippen molar-refractivity contribution in [2.24, 2.45) is 15.6 Å². The molecule has 2 aromatic rings. The highest BCUT2D eigenvalue weighted by Gasteiger charge is 1.98. The summed E-state index contributed by atoms with van der Waals surface area (Å²) in [6.45, 7) is 0. The minimum atomic E-state index is -0.0955. The van der Waals surface area contributed by atoms with Crippen LogP contribution in [0.1, 0.15) is 0 Å². The van der Waals surface area contributed by atoms with Gasteiger partial charge in [-0.3, -0.25) is 0 Å². The van der Waals surface area contributed by atoms with E-state index in [9.17, 15) is 4.91 Å².